The van der Waals surface area contributed by atoms with E-state index in [2.05, 4.69) is 21.0 Å². The van der Waals surface area contributed by atoms with Crippen LogP contribution in [0.5, 0.6) is 0 Å². The van der Waals surface area contributed by atoms with Gasteiger partial charge >= 0.3 is 0 Å². The lowest BCUT2D eigenvalue weighted by atomic mass is 9.99. The Labute approximate surface area is 175 Å². The van der Waals surface area contributed by atoms with Crippen LogP contribution < -0.4 is 11.5 Å². The SMILES string of the molecule is Nc1nc(-n2nc(CCC3CCCC3)c3ccccc32)nc(N)c1-c1ccncc1. The Morgan fingerprint density at radius 1 is 0.933 bits per heavy atom. The third-order valence-electron chi connectivity index (χ3n) is 6.04. The van der Waals surface area contributed by atoms with Crippen LogP contribution in [-0.2, 0) is 6.42 Å². The summed E-state index contributed by atoms with van der Waals surface area (Å²) in [5.41, 5.74) is 16.1. The van der Waals surface area contributed by atoms with Crippen molar-refractivity contribution in [3.63, 3.8) is 0 Å². The normalized spacial score (nSPS) is 14.5. The third-order valence-corrected chi connectivity index (χ3v) is 6.04. The largest absolute Gasteiger partial charge is 0.383 e. The van der Waals surface area contributed by atoms with E-state index in [1.807, 2.05) is 30.3 Å². The van der Waals surface area contributed by atoms with Crippen molar-refractivity contribution in [1.29, 1.82) is 0 Å². The zero-order chi connectivity index (χ0) is 20.5. The second-order valence-electron chi connectivity index (χ2n) is 7.97. The molecule has 0 spiro atoms. The minimum absolute atomic E-state index is 0.329. The molecular weight excluding hydrogens is 374 g/mol. The van der Waals surface area contributed by atoms with Gasteiger partial charge in [0.05, 0.1) is 16.8 Å². The number of rotatable bonds is 5. The summed E-state index contributed by atoms with van der Waals surface area (Å²) in [6, 6.07) is 11.9. The van der Waals surface area contributed by atoms with Crippen molar-refractivity contribution in [3.8, 4) is 17.1 Å². The third kappa shape index (κ3) is 3.36. The number of fused-ring (bicyclic) bond motifs is 1. The van der Waals surface area contributed by atoms with Crippen LogP contribution in [-0.4, -0.2) is 24.7 Å². The lowest BCUT2D eigenvalue weighted by molar-refractivity contribution is 0.500. The summed E-state index contributed by atoms with van der Waals surface area (Å²) < 4.78 is 1.77. The molecule has 3 heterocycles. The molecule has 0 aliphatic heterocycles. The number of hydrogen-bond donors (Lipinski definition) is 2. The lowest BCUT2D eigenvalue weighted by Gasteiger charge is -2.10. The summed E-state index contributed by atoms with van der Waals surface area (Å²) in [4.78, 5) is 13.1. The van der Waals surface area contributed by atoms with Crippen LogP contribution in [0.4, 0.5) is 11.6 Å². The molecule has 0 radical (unpaired) electrons. The van der Waals surface area contributed by atoms with Crippen LogP contribution in [0.15, 0.2) is 48.8 Å². The Bertz CT molecular complexity index is 1150. The van der Waals surface area contributed by atoms with Crippen LogP contribution in [0.25, 0.3) is 28.0 Å². The van der Waals surface area contributed by atoms with Gasteiger partial charge in [0.2, 0.25) is 0 Å². The van der Waals surface area contributed by atoms with Crippen LogP contribution in [0.1, 0.15) is 37.8 Å². The molecule has 7 nitrogen and oxygen atoms in total. The molecular formula is C23H25N7. The van der Waals surface area contributed by atoms with Gasteiger partial charge in [-0.05, 0) is 42.5 Å². The zero-order valence-corrected chi connectivity index (χ0v) is 16.8. The minimum atomic E-state index is 0.329. The van der Waals surface area contributed by atoms with E-state index in [0.29, 0.717) is 23.1 Å². The number of aryl methyl sites for hydroxylation is 1. The molecule has 5 rings (SSSR count). The van der Waals surface area contributed by atoms with Gasteiger partial charge in [0.15, 0.2) is 0 Å². The van der Waals surface area contributed by atoms with Crippen LogP contribution in [0.2, 0.25) is 0 Å². The fraction of sp³-hybridized carbons (Fsp3) is 0.304. The van der Waals surface area contributed by atoms with E-state index in [-0.39, 0.29) is 0 Å². The number of pyridine rings is 1. The van der Waals surface area contributed by atoms with E-state index >= 15 is 0 Å². The molecule has 0 amide bonds. The fourth-order valence-electron chi connectivity index (χ4n) is 4.50. The van der Waals surface area contributed by atoms with Gasteiger partial charge in [0, 0.05) is 17.8 Å². The fourth-order valence-corrected chi connectivity index (χ4v) is 4.50. The van der Waals surface area contributed by atoms with E-state index in [1.165, 1.54) is 32.1 Å². The topological polar surface area (TPSA) is 109 Å². The Balaban J connectivity index is 1.54. The summed E-state index contributed by atoms with van der Waals surface area (Å²) in [5.74, 6) is 1.87. The monoisotopic (exact) mass is 399 g/mol. The Hall–Kier alpha value is -3.48. The van der Waals surface area contributed by atoms with E-state index in [0.717, 1.165) is 34.5 Å². The van der Waals surface area contributed by atoms with Crippen molar-refractivity contribution >= 4 is 22.5 Å². The molecule has 1 aromatic carbocycles. The summed E-state index contributed by atoms with van der Waals surface area (Å²) >= 11 is 0. The Kier molecular flexibility index (Phi) is 4.78. The van der Waals surface area contributed by atoms with Gasteiger partial charge in [-0.15, -0.1) is 0 Å². The van der Waals surface area contributed by atoms with E-state index in [4.69, 9.17) is 16.6 Å². The number of anilines is 2. The molecule has 4 N–H and O–H groups in total. The number of nitrogen functional groups attached to an aromatic ring is 2. The highest BCUT2D eigenvalue weighted by Gasteiger charge is 2.20. The van der Waals surface area contributed by atoms with E-state index < -0.39 is 0 Å². The second-order valence-corrected chi connectivity index (χ2v) is 7.97. The summed E-state index contributed by atoms with van der Waals surface area (Å²) in [6.45, 7) is 0. The average Bonchev–Trinajstić information content (AvgIpc) is 3.40. The molecule has 0 bridgehead atoms. The summed E-state index contributed by atoms with van der Waals surface area (Å²) in [7, 11) is 0. The highest BCUT2D eigenvalue weighted by molar-refractivity contribution is 5.85. The predicted molar refractivity (Wildman–Crippen MR) is 119 cm³/mol. The first-order chi connectivity index (χ1) is 14.7. The van der Waals surface area contributed by atoms with Crippen molar-refractivity contribution in [2.75, 3.05) is 11.5 Å². The predicted octanol–water partition coefficient (Wildman–Crippen LogP) is 4.16. The maximum absolute atomic E-state index is 6.29. The maximum atomic E-state index is 6.29. The van der Waals surface area contributed by atoms with Gasteiger partial charge in [-0.2, -0.15) is 19.7 Å². The number of para-hydroxylation sites is 1. The highest BCUT2D eigenvalue weighted by Crippen LogP contribution is 2.32. The molecule has 0 atom stereocenters. The van der Waals surface area contributed by atoms with E-state index in [9.17, 15) is 0 Å². The molecule has 1 aliphatic carbocycles. The van der Waals surface area contributed by atoms with Gasteiger partial charge in [0.25, 0.3) is 5.95 Å². The van der Waals surface area contributed by atoms with Gasteiger partial charge in [0.1, 0.15) is 11.6 Å². The quantitative estimate of drug-likeness (QED) is 0.521. The molecule has 4 aromatic rings. The number of hydrogen-bond acceptors (Lipinski definition) is 6. The van der Waals surface area contributed by atoms with Crippen molar-refractivity contribution < 1.29 is 0 Å². The smallest absolute Gasteiger partial charge is 0.255 e. The van der Waals surface area contributed by atoms with Gasteiger partial charge < -0.3 is 11.5 Å². The molecule has 1 saturated carbocycles. The van der Waals surface area contributed by atoms with Crippen molar-refractivity contribution in [2.24, 2.45) is 5.92 Å². The Morgan fingerprint density at radius 3 is 2.37 bits per heavy atom. The second kappa shape index (κ2) is 7.74. The molecule has 0 unspecified atom stereocenters. The molecule has 1 fully saturated rings. The lowest BCUT2D eigenvalue weighted by Crippen LogP contribution is -2.10. The van der Waals surface area contributed by atoms with E-state index in [1.54, 1.807) is 17.1 Å². The standard InChI is InChI=1S/C23H25N7/c24-21-20(16-11-13-26-14-12-16)22(25)28-23(27-21)30-19-8-4-3-7-17(19)18(29-30)10-9-15-5-1-2-6-15/h3-4,7-8,11-15H,1-2,5-6,9-10H2,(H4,24,25,27,28). The van der Waals surface area contributed by atoms with Gasteiger partial charge in [-0.25, -0.2) is 0 Å². The zero-order valence-electron chi connectivity index (χ0n) is 16.8. The average molecular weight is 400 g/mol. The minimum Gasteiger partial charge on any atom is -0.383 e. The van der Waals surface area contributed by atoms with Crippen molar-refractivity contribution in [2.45, 2.75) is 38.5 Å². The first-order valence-electron chi connectivity index (χ1n) is 10.5. The molecule has 3 aromatic heterocycles. The number of aromatic nitrogens is 5. The number of nitrogens with zero attached hydrogens (tertiary/aromatic N) is 5. The molecule has 0 saturated heterocycles. The number of benzene rings is 1. The molecule has 7 heteroatoms. The molecule has 30 heavy (non-hydrogen) atoms. The van der Waals surface area contributed by atoms with Crippen molar-refractivity contribution in [3.05, 3.63) is 54.5 Å². The van der Waals surface area contributed by atoms with Crippen LogP contribution in [0, 0.1) is 5.92 Å². The molecule has 1 aliphatic rings. The number of nitrogens with two attached hydrogens (primary N) is 2. The Morgan fingerprint density at radius 2 is 1.63 bits per heavy atom. The first kappa shape index (κ1) is 18.5. The van der Waals surface area contributed by atoms with Crippen LogP contribution in [0.3, 0.4) is 0 Å². The van der Waals surface area contributed by atoms with Gasteiger partial charge in [-0.1, -0.05) is 43.9 Å². The van der Waals surface area contributed by atoms with Gasteiger partial charge in [-0.3, -0.25) is 4.98 Å². The summed E-state index contributed by atoms with van der Waals surface area (Å²) in [6.07, 6.45) is 10.9. The maximum Gasteiger partial charge on any atom is 0.255 e. The highest BCUT2D eigenvalue weighted by atomic mass is 15.4. The van der Waals surface area contributed by atoms with Crippen LogP contribution >= 0.6 is 0 Å². The molecule has 152 valence electrons. The summed E-state index contributed by atoms with van der Waals surface area (Å²) in [5, 5.41) is 6.01. The first-order valence-corrected chi connectivity index (χ1v) is 10.5. The van der Waals surface area contributed by atoms with Crippen molar-refractivity contribution in [1.82, 2.24) is 24.7 Å².